The smallest absolute Gasteiger partial charge is 0.329 e. The number of likely N-dealkylation sites (N-methyl/N-ethyl adjacent to an activating group) is 1. The van der Waals surface area contributed by atoms with Gasteiger partial charge in [-0.3, -0.25) is 38.4 Å². The van der Waals surface area contributed by atoms with E-state index in [0.29, 0.717) is 29.1 Å². The standard InChI is InChI=1S/C51H73N7O13S/c1-8-9-10-11-15-18-40(59)52-37(29-42(61)62)46(64)56-44-31(4)71-51(69)43(30(2)3)55-47(65)38(27-33-19-21-34(70-6)22-20-33)57(5)50(68)39(28-32-16-13-12-14-17-32)58-41(60)24-23-36(49(58)67)54-45(63)35(25-26-72-7)53-48(44)66/h12-14,16-17,19-22,30-31,35-39,41,43-44,60H,8-11,15,18,23-29H2,1-7H3,(H,52,59)(H,53,66)(H,54,63)(H,55,65)(H,56,64)(H,61,62). The van der Waals surface area contributed by atoms with Crippen molar-refractivity contribution in [2.24, 2.45) is 5.92 Å². The summed E-state index contributed by atoms with van der Waals surface area (Å²) in [7, 11) is 2.88. The number of carbonyl (C=O) groups excluding carboxylic acids is 8. The van der Waals surface area contributed by atoms with Crippen molar-refractivity contribution in [3.05, 3.63) is 65.7 Å². The number of methoxy groups -OCH3 is 1. The van der Waals surface area contributed by atoms with Crippen molar-refractivity contribution in [2.45, 2.75) is 159 Å². The van der Waals surface area contributed by atoms with Crippen LogP contribution in [0.2, 0.25) is 0 Å². The maximum absolute atomic E-state index is 15.1. The van der Waals surface area contributed by atoms with Crippen molar-refractivity contribution in [2.75, 3.05) is 26.2 Å². The van der Waals surface area contributed by atoms with E-state index in [0.717, 1.165) is 30.6 Å². The summed E-state index contributed by atoms with van der Waals surface area (Å²) in [5.41, 5.74) is 1.21. The molecule has 7 N–H and O–H groups in total. The van der Waals surface area contributed by atoms with Gasteiger partial charge in [0, 0.05) is 26.3 Å². The summed E-state index contributed by atoms with van der Waals surface area (Å²) in [5, 5.41) is 34.3. The number of benzene rings is 2. The van der Waals surface area contributed by atoms with Gasteiger partial charge in [-0.15, -0.1) is 0 Å². The van der Waals surface area contributed by atoms with Gasteiger partial charge in [0.1, 0.15) is 60.4 Å². The number of piperidine rings is 1. The lowest BCUT2D eigenvalue weighted by Gasteiger charge is -2.43. The van der Waals surface area contributed by atoms with Crippen LogP contribution in [0.5, 0.6) is 5.75 Å². The van der Waals surface area contributed by atoms with Crippen LogP contribution in [0.3, 0.4) is 0 Å². The van der Waals surface area contributed by atoms with Gasteiger partial charge in [-0.05, 0) is 73.8 Å². The van der Waals surface area contributed by atoms with Crippen molar-refractivity contribution >= 4 is 65.1 Å². The highest BCUT2D eigenvalue weighted by molar-refractivity contribution is 7.98. The number of carbonyl (C=O) groups is 9. The molecule has 2 fully saturated rings. The number of fused-ring (bicyclic) bond motifs is 2. The predicted molar refractivity (Wildman–Crippen MR) is 268 cm³/mol. The zero-order chi connectivity index (χ0) is 53.1. The third kappa shape index (κ3) is 17.0. The number of nitrogens with zero attached hydrogens (tertiary/aromatic N) is 2. The van der Waals surface area contributed by atoms with Crippen LogP contribution in [0.1, 0.15) is 103 Å². The van der Waals surface area contributed by atoms with E-state index in [1.807, 2.05) is 6.92 Å². The Morgan fingerprint density at radius 1 is 0.847 bits per heavy atom. The second-order valence-corrected chi connectivity index (χ2v) is 19.7. The van der Waals surface area contributed by atoms with E-state index in [1.54, 1.807) is 74.7 Å². The molecule has 2 saturated heterocycles. The molecule has 0 aliphatic carbocycles. The minimum Gasteiger partial charge on any atom is -0.497 e. The first kappa shape index (κ1) is 58.4. The lowest BCUT2D eigenvalue weighted by atomic mass is 9.95. The number of carboxylic acid groups (broad SMARTS) is 1. The second-order valence-electron chi connectivity index (χ2n) is 18.7. The van der Waals surface area contributed by atoms with Gasteiger partial charge in [-0.1, -0.05) is 88.9 Å². The maximum Gasteiger partial charge on any atom is 0.329 e. The van der Waals surface area contributed by atoms with Gasteiger partial charge in [0.2, 0.25) is 41.4 Å². The summed E-state index contributed by atoms with van der Waals surface area (Å²) in [5.74, 6) is -8.15. The van der Waals surface area contributed by atoms with Crippen LogP contribution >= 0.6 is 11.8 Å². The summed E-state index contributed by atoms with van der Waals surface area (Å²) < 4.78 is 11.2. The molecule has 0 saturated carbocycles. The van der Waals surface area contributed by atoms with E-state index in [4.69, 9.17) is 9.47 Å². The number of thioether (sulfide) groups is 1. The summed E-state index contributed by atoms with van der Waals surface area (Å²) in [6.07, 6.45) is 1.66. The van der Waals surface area contributed by atoms with E-state index < -0.39 is 120 Å². The number of hydrogen-bond donors (Lipinski definition) is 7. The number of rotatable bonds is 20. The number of aliphatic hydroxyl groups excluding tert-OH is 1. The predicted octanol–water partition coefficient (Wildman–Crippen LogP) is 2.23. The molecular formula is C51H73N7O13S. The molecule has 2 heterocycles. The number of ether oxygens (including phenoxy) is 2. The Labute approximate surface area is 425 Å². The van der Waals surface area contributed by atoms with Crippen LogP contribution in [-0.2, 0) is 60.7 Å². The molecule has 2 bridgehead atoms. The number of hydrogen-bond acceptors (Lipinski definition) is 13. The molecule has 2 aromatic carbocycles. The fraction of sp³-hybridized carbons (Fsp3) is 0.588. The number of aliphatic hydroxyl groups is 1. The number of esters is 1. The van der Waals surface area contributed by atoms with Gasteiger partial charge in [0.05, 0.1) is 13.5 Å². The fourth-order valence-electron chi connectivity index (χ4n) is 8.62. The molecule has 0 spiro atoms. The molecule has 2 aromatic rings. The average molecular weight is 1020 g/mol. The molecule has 20 nitrogen and oxygen atoms in total. The third-order valence-corrected chi connectivity index (χ3v) is 13.5. The van der Waals surface area contributed by atoms with Gasteiger partial charge in [-0.25, -0.2) is 4.79 Å². The Bertz CT molecular complexity index is 2180. The highest BCUT2D eigenvalue weighted by Crippen LogP contribution is 2.26. The van der Waals surface area contributed by atoms with Crippen LogP contribution in [0.25, 0.3) is 0 Å². The molecule has 396 valence electrons. The van der Waals surface area contributed by atoms with E-state index in [-0.39, 0.29) is 38.5 Å². The molecule has 4 rings (SSSR count). The van der Waals surface area contributed by atoms with E-state index in [1.165, 1.54) is 37.7 Å². The van der Waals surface area contributed by atoms with Gasteiger partial charge in [-0.2, -0.15) is 11.8 Å². The molecule has 0 aromatic heterocycles. The lowest BCUT2D eigenvalue weighted by molar-refractivity contribution is -0.165. The fourth-order valence-corrected chi connectivity index (χ4v) is 9.09. The number of amides is 7. The number of carboxylic acids is 1. The molecule has 2 aliphatic rings. The number of aliphatic carboxylic acids is 1. The zero-order valence-corrected chi connectivity index (χ0v) is 43.2. The minimum absolute atomic E-state index is 0.00767. The minimum atomic E-state index is -1.81. The molecule has 9 unspecified atom stereocenters. The molecule has 7 amide bonds. The first-order valence-corrected chi connectivity index (χ1v) is 26.0. The van der Waals surface area contributed by atoms with Crippen LogP contribution in [0.4, 0.5) is 0 Å². The normalized spacial score (nSPS) is 24.1. The Morgan fingerprint density at radius 3 is 2.12 bits per heavy atom. The SMILES string of the molecule is CCCCCCCC(=O)NC(CC(=O)O)C(=O)NC1C(=O)NC(CCSC)C(=O)NC2CCC(O)N(C2=O)C(Cc2ccccc2)C(=O)N(C)C(Cc2ccc(OC)cc2)C(=O)NC(C(C)C)C(=O)OC1C. The van der Waals surface area contributed by atoms with Gasteiger partial charge >= 0.3 is 11.9 Å². The highest BCUT2D eigenvalue weighted by Gasteiger charge is 2.46. The largest absolute Gasteiger partial charge is 0.497 e. The Balaban J connectivity index is 1.83. The lowest BCUT2D eigenvalue weighted by Crippen LogP contribution is -2.65. The van der Waals surface area contributed by atoms with Crippen LogP contribution in [0.15, 0.2) is 54.6 Å². The zero-order valence-electron chi connectivity index (χ0n) is 42.3. The van der Waals surface area contributed by atoms with Crippen LogP contribution < -0.4 is 31.3 Å². The van der Waals surface area contributed by atoms with Crippen LogP contribution in [-0.4, -0.2) is 154 Å². The number of unbranched alkanes of at least 4 members (excludes halogenated alkanes) is 4. The van der Waals surface area contributed by atoms with Crippen molar-refractivity contribution in [3.8, 4) is 5.75 Å². The van der Waals surface area contributed by atoms with Crippen molar-refractivity contribution in [3.63, 3.8) is 0 Å². The van der Waals surface area contributed by atoms with Gasteiger partial charge < -0.3 is 56.1 Å². The molecular weight excluding hydrogens is 951 g/mol. The molecule has 21 heteroatoms. The van der Waals surface area contributed by atoms with Crippen molar-refractivity contribution < 1.29 is 62.8 Å². The van der Waals surface area contributed by atoms with Gasteiger partial charge in [0.25, 0.3) is 0 Å². The summed E-state index contributed by atoms with van der Waals surface area (Å²) in [6.45, 7) is 6.58. The quantitative estimate of drug-likeness (QED) is 0.0741. The highest BCUT2D eigenvalue weighted by atomic mass is 32.2. The Kier molecular flexibility index (Phi) is 23.3. The summed E-state index contributed by atoms with van der Waals surface area (Å²) in [6, 6.07) is 5.21. The monoisotopic (exact) mass is 1020 g/mol. The molecule has 0 radical (unpaired) electrons. The van der Waals surface area contributed by atoms with E-state index in [9.17, 15) is 48.6 Å². The maximum atomic E-state index is 15.1. The molecule has 72 heavy (non-hydrogen) atoms. The Morgan fingerprint density at radius 2 is 1.50 bits per heavy atom. The van der Waals surface area contributed by atoms with Crippen molar-refractivity contribution in [1.29, 1.82) is 0 Å². The first-order chi connectivity index (χ1) is 34.3. The number of cyclic esters (lactones) is 1. The van der Waals surface area contributed by atoms with Crippen LogP contribution in [0, 0.1) is 5.92 Å². The Hall–Kier alpha value is -6.22. The van der Waals surface area contributed by atoms with E-state index >= 15 is 4.79 Å². The van der Waals surface area contributed by atoms with Gasteiger partial charge in [0.15, 0.2) is 0 Å². The van der Waals surface area contributed by atoms with E-state index in [2.05, 4.69) is 26.6 Å². The topological polar surface area (TPSA) is 279 Å². The summed E-state index contributed by atoms with van der Waals surface area (Å²) >= 11 is 1.35. The first-order valence-electron chi connectivity index (χ1n) is 24.7. The van der Waals surface area contributed by atoms with Crippen molar-refractivity contribution in [1.82, 2.24) is 36.4 Å². The summed E-state index contributed by atoms with van der Waals surface area (Å²) in [4.78, 5) is 129. The molecule has 2 aliphatic heterocycles. The second kappa shape index (κ2) is 28.7. The number of nitrogens with one attached hydrogen (secondary N) is 5. The third-order valence-electron chi connectivity index (χ3n) is 12.9. The molecule has 9 atom stereocenters. The average Bonchev–Trinajstić information content (AvgIpc) is 3.34.